The van der Waals surface area contributed by atoms with E-state index in [1.807, 2.05) is 6.07 Å². The molecule has 0 saturated carbocycles. The summed E-state index contributed by atoms with van der Waals surface area (Å²) in [5, 5.41) is 3.48. The molecular formula is C14H22BrNO. The maximum atomic E-state index is 5.60. The van der Waals surface area contributed by atoms with Gasteiger partial charge < -0.3 is 10.1 Å². The van der Waals surface area contributed by atoms with Crippen LogP contribution in [0.5, 0.6) is 5.75 Å². The third-order valence-electron chi connectivity index (χ3n) is 2.61. The summed E-state index contributed by atoms with van der Waals surface area (Å²) in [6, 6.07) is 6.58. The highest BCUT2D eigenvalue weighted by atomic mass is 79.9. The Morgan fingerprint density at radius 2 is 2.06 bits per heavy atom. The zero-order chi connectivity index (χ0) is 12.7. The van der Waals surface area contributed by atoms with Crippen molar-refractivity contribution in [3.05, 3.63) is 28.2 Å². The lowest BCUT2D eigenvalue weighted by Crippen LogP contribution is -2.19. The molecule has 0 aromatic heterocycles. The number of rotatable bonds is 7. The Kier molecular flexibility index (Phi) is 6.60. The second-order valence-corrected chi connectivity index (χ2v) is 5.06. The van der Waals surface area contributed by atoms with Crippen LogP contribution in [0.3, 0.4) is 0 Å². The fourth-order valence-corrected chi connectivity index (χ4v) is 2.34. The van der Waals surface area contributed by atoms with Crippen molar-refractivity contribution >= 4 is 15.9 Å². The van der Waals surface area contributed by atoms with E-state index in [1.54, 1.807) is 0 Å². The largest absolute Gasteiger partial charge is 0.494 e. The number of hydrogen-bond donors (Lipinski definition) is 1. The Morgan fingerprint density at radius 1 is 1.29 bits per heavy atom. The van der Waals surface area contributed by atoms with Gasteiger partial charge in [-0.3, -0.25) is 0 Å². The molecule has 0 aliphatic rings. The Labute approximate surface area is 113 Å². The first-order chi connectivity index (χ1) is 8.19. The van der Waals surface area contributed by atoms with Crippen LogP contribution < -0.4 is 10.1 Å². The lowest BCUT2D eigenvalue weighted by atomic mass is 10.1. The van der Waals surface area contributed by atoms with Crippen LogP contribution in [0.25, 0.3) is 0 Å². The number of hydrogen-bond acceptors (Lipinski definition) is 2. The topological polar surface area (TPSA) is 21.3 Å². The second kappa shape index (κ2) is 7.72. The van der Waals surface area contributed by atoms with E-state index < -0.39 is 0 Å². The molecule has 0 amide bonds. The van der Waals surface area contributed by atoms with Gasteiger partial charge in [-0.15, -0.1) is 0 Å². The molecule has 0 fully saturated rings. The van der Waals surface area contributed by atoms with Crippen LogP contribution in [0, 0.1) is 0 Å². The van der Waals surface area contributed by atoms with Crippen LogP contribution in [0.15, 0.2) is 22.7 Å². The molecule has 0 heterocycles. The van der Waals surface area contributed by atoms with Crippen molar-refractivity contribution < 1.29 is 4.74 Å². The van der Waals surface area contributed by atoms with Crippen molar-refractivity contribution in [3.63, 3.8) is 0 Å². The molecule has 0 bridgehead atoms. The number of benzene rings is 1. The normalized spacial score (nSPS) is 12.5. The summed E-state index contributed by atoms with van der Waals surface area (Å²) in [5.41, 5.74) is 1.28. The van der Waals surface area contributed by atoms with Crippen molar-refractivity contribution in [2.75, 3.05) is 13.2 Å². The maximum Gasteiger partial charge on any atom is 0.120 e. The Morgan fingerprint density at radius 3 is 2.65 bits per heavy atom. The summed E-state index contributed by atoms with van der Waals surface area (Å²) in [5.74, 6) is 0.935. The van der Waals surface area contributed by atoms with Crippen LogP contribution >= 0.6 is 15.9 Å². The van der Waals surface area contributed by atoms with Crippen molar-refractivity contribution in [2.45, 2.75) is 39.7 Å². The van der Waals surface area contributed by atoms with Crippen molar-refractivity contribution in [3.8, 4) is 5.75 Å². The molecule has 0 aliphatic carbocycles. The van der Waals surface area contributed by atoms with E-state index in [1.165, 1.54) is 5.56 Å². The van der Waals surface area contributed by atoms with E-state index in [0.717, 1.165) is 36.2 Å². The number of halogens is 1. The molecule has 2 nitrogen and oxygen atoms in total. The molecule has 1 aromatic rings. The fraction of sp³-hybridized carbons (Fsp3) is 0.571. The molecule has 0 spiro atoms. The predicted molar refractivity (Wildman–Crippen MR) is 76.6 cm³/mol. The molecule has 0 saturated heterocycles. The Hall–Kier alpha value is -0.540. The first-order valence-electron chi connectivity index (χ1n) is 6.34. The van der Waals surface area contributed by atoms with Gasteiger partial charge in [0.2, 0.25) is 0 Å². The van der Waals surface area contributed by atoms with E-state index in [-0.39, 0.29) is 0 Å². The summed E-state index contributed by atoms with van der Waals surface area (Å²) >= 11 is 3.61. The molecule has 0 aliphatic heterocycles. The quantitative estimate of drug-likeness (QED) is 0.810. The molecule has 0 radical (unpaired) electrons. The molecule has 1 N–H and O–H groups in total. The Balaban J connectivity index is 2.68. The van der Waals surface area contributed by atoms with Gasteiger partial charge in [-0.05, 0) is 44.0 Å². The SMILES string of the molecule is CCCNC(C)c1ccc(OCCC)cc1Br. The van der Waals surface area contributed by atoms with Gasteiger partial charge >= 0.3 is 0 Å². The van der Waals surface area contributed by atoms with Gasteiger partial charge in [0, 0.05) is 10.5 Å². The maximum absolute atomic E-state index is 5.60. The lowest BCUT2D eigenvalue weighted by molar-refractivity contribution is 0.317. The second-order valence-electron chi connectivity index (χ2n) is 4.21. The van der Waals surface area contributed by atoms with Gasteiger partial charge in [0.15, 0.2) is 0 Å². The van der Waals surface area contributed by atoms with E-state index in [9.17, 15) is 0 Å². The van der Waals surface area contributed by atoms with Crippen LogP contribution in [-0.2, 0) is 0 Å². The molecule has 17 heavy (non-hydrogen) atoms. The summed E-state index contributed by atoms with van der Waals surface area (Å²) < 4.78 is 6.71. The van der Waals surface area contributed by atoms with Crippen molar-refractivity contribution in [1.29, 1.82) is 0 Å². The summed E-state index contributed by atoms with van der Waals surface area (Å²) in [6.07, 6.45) is 2.19. The van der Waals surface area contributed by atoms with E-state index >= 15 is 0 Å². The standard InChI is InChI=1S/C14H22BrNO/c1-4-8-16-11(3)13-7-6-12(10-14(13)15)17-9-5-2/h6-7,10-11,16H,4-5,8-9H2,1-3H3. The predicted octanol–water partition coefficient (Wildman–Crippen LogP) is 4.30. The number of nitrogens with one attached hydrogen (secondary N) is 1. The van der Waals surface area contributed by atoms with Crippen LogP contribution in [0.4, 0.5) is 0 Å². The van der Waals surface area contributed by atoms with Gasteiger partial charge in [0.25, 0.3) is 0 Å². The molecule has 1 rings (SSSR count). The third kappa shape index (κ3) is 4.68. The first-order valence-corrected chi connectivity index (χ1v) is 7.14. The zero-order valence-corrected chi connectivity index (χ0v) is 12.5. The monoisotopic (exact) mass is 299 g/mol. The molecule has 1 unspecified atom stereocenters. The highest BCUT2D eigenvalue weighted by Crippen LogP contribution is 2.27. The zero-order valence-electron chi connectivity index (χ0n) is 10.9. The van der Waals surface area contributed by atoms with E-state index in [2.05, 4.69) is 54.2 Å². The molecular weight excluding hydrogens is 278 g/mol. The van der Waals surface area contributed by atoms with Gasteiger partial charge in [0.1, 0.15) is 5.75 Å². The van der Waals surface area contributed by atoms with Gasteiger partial charge in [-0.25, -0.2) is 0 Å². The van der Waals surface area contributed by atoms with E-state index in [0.29, 0.717) is 6.04 Å². The van der Waals surface area contributed by atoms with Gasteiger partial charge in [0.05, 0.1) is 6.61 Å². The lowest BCUT2D eigenvalue weighted by Gasteiger charge is -2.16. The summed E-state index contributed by atoms with van der Waals surface area (Å²) in [4.78, 5) is 0. The van der Waals surface area contributed by atoms with E-state index in [4.69, 9.17) is 4.74 Å². The molecule has 1 atom stereocenters. The first kappa shape index (κ1) is 14.5. The molecule has 1 aromatic carbocycles. The summed E-state index contributed by atoms with van der Waals surface area (Å²) in [7, 11) is 0. The van der Waals surface area contributed by atoms with Gasteiger partial charge in [-0.2, -0.15) is 0 Å². The smallest absolute Gasteiger partial charge is 0.120 e. The molecule has 3 heteroatoms. The minimum absolute atomic E-state index is 0.365. The Bertz CT molecular complexity index is 341. The van der Waals surface area contributed by atoms with Crippen molar-refractivity contribution in [2.24, 2.45) is 0 Å². The van der Waals surface area contributed by atoms with Crippen LogP contribution in [-0.4, -0.2) is 13.2 Å². The third-order valence-corrected chi connectivity index (χ3v) is 3.30. The minimum Gasteiger partial charge on any atom is -0.494 e. The summed E-state index contributed by atoms with van der Waals surface area (Å²) in [6.45, 7) is 8.29. The average Bonchev–Trinajstić information content (AvgIpc) is 2.33. The highest BCUT2D eigenvalue weighted by Gasteiger charge is 2.09. The van der Waals surface area contributed by atoms with Crippen LogP contribution in [0.1, 0.15) is 45.2 Å². The minimum atomic E-state index is 0.365. The fourth-order valence-electron chi connectivity index (χ4n) is 1.64. The number of ether oxygens (including phenoxy) is 1. The highest BCUT2D eigenvalue weighted by molar-refractivity contribution is 9.10. The van der Waals surface area contributed by atoms with Crippen molar-refractivity contribution in [1.82, 2.24) is 5.32 Å². The van der Waals surface area contributed by atoms with Crippen LogP contribution in [0.2, 0.25) is 0 Å². The van der Waals surface area contributed by atoms with Gasteiger partial charge in [-0.1, -0.05) is 35.8 Å². The molecule has 96 valence electrons. The average molecular weight is 300 g/mol.